The molecule has 9 heteroatoms. The van der Waals surface area contributed by atoms with E-state index in [1.54, 1.807) is 4.90 Å². The molecule has 2 heterocycles. The van der Waals surface area contributed by atoms with Gasteiger partial charge in [0.15, 0.2) is 5.03 Å². The molecule has 2 rings (SSSR count). The summed E-state index contributed by atoms with van der Waals surface area (Å²) in [7, 11) is 2.21. The van der Waals surface area contributed by atoms with Crippen LogP contribution < -0.4 is 5.32 Å². The summed E-state index contributed by atoms with van der Waals surface area (Å²) in [6.07, 6.45) is 1.10. The molecule has 2 N–H and O–H groups in total. The van der Waals surface area contributed by atoms with E-state index in [2.05, 4.69) is 15.3 Å². The van der Waals surface area contributed by atoms with Gasteiger partial charge in [-0.15, -0.1) is 11.3 Å². The van der Waals surface area contributed by atoms with E-state index in [0.717, 1.165) is 4.88 Å². The molecule has 2 aromatic rings. The molecule has 0 aliphatic rings. The minimum atomic E-state index is -1.42. The van der Waals surface area contributed by atoms with Crippen LogP contribution in [-0.4, -0.2) is 57.3 Å². The first kappa shape index (κ1) is 17.5. The van der Waals surface area contributed by atoms with Crippen molar-refractivity contribution in [2.45, 2.75) is 11.2 Å². The Kier molecular flexibility index (Phi) is 5.79. The maximum absolute atomic E-state index is 12.1. The molecule has 0 spiro atoms. The van der Waals surface area contributed by atoms with Crippen LogP contribution in [0.25, 0.3) is 10.6 Å². The normalized spacial score (nSPS) is 13.6. The molecule has 0 aliphatic heterocycles. The first-order chi connectivity index (χ1) is 11.0. The van der Waals surface area contributed by atoms with Gasteiger partial charge in [0, 0.05) is 6.26 Å². The standard InChI is InChI=1S/C14H17N5O2S2/c1-19(2)11(8-20)18-13-12(9-5-4-6-22-9)16-10(7-15)17-14(13)23(3)21/h4-6,11,18,20H,8H2,1-3H3. The Hall–Kier alpha value is -1.86. The van der Waals surface area contributed by atoms with Crippen molar-refractivity contribution in [1.29, 1.82) is 5.26 Å². The maximum Gasteiger partial charge on any atom is 0.234 e. The molecule has 0 saturated carbocycles. The first-order valence-corrected chi connectivity index (χ1v) is 9.15. The second kappa shape index (κ2) is 7.61. The Morgan fingerprint density at radius 3 is 2.74 bits per heavy atom. The number of anilines is 1. The van der Waals surface area contributed by atoms with Gasteiger partial charge in [0.05, 0.1) is 28.0 Å². The van der Waals surface area contributed by atoms with E-state index < -0.39 is 17.0 Å². The predicted molar refractivity (Wildman–Crippen MR) is 90.6 cm³/mol. The molecule has 7 nitrogen and oxygen atoms in total. The summed E-state index contributed by atoms with van der Waals surface area (Å²) in [6.45, 7) is -0.146. The fraction of sp³-hybridized carbons (Fsp3) is 0.357. The highest BCUT2D eigenvalue weighted by atomic mass is 32.2. The largest absolute Gasteiger partial charge is 0.393 e. The maximum atomic E-state index is 12.1. The molecule has 0 amide bonds. The molecule has 122 valence electrons. The number of nitrogens with zero attached hydrogens (tertiary/aromatic N) is 4. The minimum Gasteiger partial charge on any atom is -0.393 e. The van der Waals surface area contributed by atoms with Gasteiger partial charge < -0.3 is 10.4 Å². The number of aliphatic hydroxyl groups excluding tert-OH is 1. The molecular formula is C14H17N5O2S2. The fourth-order valence-corrected chi connectivity index (χ4v) is 3.30. The third-order valence-corrected chi connectivity index (χ3v) is 4.83. The molecule has 0 bridgehead atoms. The molecule has 0 radical (unpaired) electrons. The average Bonchev–Trinajstić information content (AvgIpc) is 3.05. The van der Waals surface area contributed by atoms with E-state index in [-0.39, 0.29) is 17.5 Å². The number of aliphatic hydroxyl groups is 1. The van der Waals surface area contributed by atoms with Gasteiger partial charge in [0.25, 0.3) is 0 Å². The van der Waals surface area contributed by atoms with E-state index in [4.69, 9.17) is 5.26 Å². The SMILES string of the molecule is CN(C)C(CO)Nc1c(-c2cccs2)nc(C#N)nc1S(C)=O. The van der Waals surface area contributed by atoms with Gasteiger partial charge in [-0.2, -0.15) is 5.26 Å². The Labute approximate surface area is 141 Å². The van der Waals surface area contributed by atoms with Crippen LogP contribution in [0.5, 0.6) is 0 Å². The molecule has 2 aromatic heterocycles. The molecule has 0 saturated heterocycles. The summed E-state index contributed by atoms with van der Waals surface area (Å²) in [4.78, 5) is 11.0. The van der Waals surface area contributed by atoms with Crippen molar-refractivity contribution < 1.29 is 9.32 Å². The molecule has 0 aromatic carbocycles. The lowest BCUT2D eigenvalue weighted by Crippen LogP contribution is -2.39. The second-order valence-corrected chi connectivity index (χ2v) is 7.17. The molecule has 0 aliphatic carbocycles. The van der Waals surface area contributed by atoms with E-state index >= 15 is 0 Å². The Morgan fingerprint density at radius 1 is 1.52 bits per heavy atom. The molecular weight excluding hydrogens is 334 g/mol. The van der Waals surface area contributed by atoms with Crippen LogP contribution in [0.3, 0.4) is 0 Å². The number of nitriles is 1. The van der Waals surface area contributed by atoms with Crippen LogP contribution in [0.2, 0.25) is 0 Å². The quantitative estimate of drug-likeness (QED) is 0.593. The van der Waals surface area contributed by atoms with E-state index in [1.807, 2.05) is 37.7 Å². The Morgan fingerprint density at radius 2 is 2.26 bits per heavy atom. The van der Waals surface area contributed by atoms with Crippen molar-refractivity contribution >= 4 is 27.8 Å². The highest BCUT2D eigenvalue weighted by Crippen LogP contribution is 2.33. The number of thiophene rings is 1. The highest BCUT2D eigenvalue weighted by molar-refractivity contribution is 7.84. The summed E-state index contributed by atoms with van der Waals surface area (Å²) in [6, 6.07) is 5.64. The Bertz CT molecular complexity index is 740. The third kappa shape index (κ3) is 3.92. The van der Waals surface area contributed by atoms with Crippen molar-refractivity contribution in [1.82, 2.24) is 14.9 Å². The zero-order valence-electron chi connectivity index (χ0n) is 13.0. The van der Waals surface area contributed by atoms with E-state index in [0.29, 0.717) is 11.4 Å². The zero-order valence-corrected chi connectivity index (χ0v) is 14.6. The van der Waals surface area contributed by atoms with Crippen molar-refractivity contribution in [3.05, 3.63) is 23.3 Å². The van der Waals surface area contributed by atoms with Gasteiger partial charge in [-0.3, -0.25) is 9.11 Å². The van der Waals surface area contributed by atoms with Gasteiger partial charge in [0.1, 0.15) is 17.9 Å². The molecule has 0 fully saturated rings. The average molecular weight is 351 g/mol. The van der Waals surface area contributed by atoms with Crippen molar-refractivity contribution in [2.24, 2.45) is 0 Å². The number of hydrogen-bond acceptors (Lipinski definition) is 8. The first-order valence-electron chi connectivity index (χ1n) is 6.71. The number of nitrogens with one attached hydrogen (secondary N) is 1. The zero-order chi connectivity index (χ0) is 17.0. The second-order valence-electron chi connectivity index (χ2n) is 4.93. The van der Waals surface area contributed by atoms with Gasteiger partial charge in [-0.1, -0.05) is 6.07 Å². The molecule has 2 unspecified atom stereocenters. The predicted octanol–water partition coefficient (Wildman–Crippen LogP) is 1.11. The van der Waals surface area contributed by atoms with Gasteiger partial charge >= 0.3 is 0 Å². The van der Waals surface area contributed by atoms with Crippen LogP contribution in [0.15, 0.2) is 22.5 Å². The van der Waals surface area contributed by atoms with Crippen molar-refractivity contribution in [3.8, 4) is 16.6 Å². The smallest absolute Gasteiger partial charge is 0.234 e. The molecule has 23 heavy (non-hydrogen) atoms. The lowest BCUT2D eigenvalue weighted by atomic mass is 10.2. The van der Waals surface area contributed by atoms with Crippen LogP contribution in [0.4, 0.5) is 5.69 Å². The summed E-state index contributed by atoms with van der Waals surface area (Å²) in [5, 5.41) is 24.0. The summed E-state index contributed by atoms with van der Waals surface area (Å²) >= 11 is 1.46. The van der Waals surface area contributed by atoms with E-state index in [9.17, 15) is 9.32 Å². The number of hydrogen-bond donors (Lipinski definition) is 2. The van der Waals surface area contributed by atoms with Gasteiger partial charge in [-0.25, -0.2) is 9.97 Å². The summed E-state index contributed by atoms with van der Waals surface area (Å²) in [5.74, 6) is -0.0328. The van der Waals surface area contributed by atoms with Crippen LogP contribution >= 0.6 is 11.3 Å². The fourth-order valence-electron chi connectivity index (χ4n) is 1.92. The third-order valence-electron chi connectivity index (χ3n) is 3.11. The Balaban J connectivity index is 2.65. The van der Waals surface area contributed by atoms with Crippen molar-refractivity contribution in [3.63, 3.8) is 0 Å². The number of rotatable bonds is 6. The molecule has 2 atom stereocenters. The summed E-state index contributed by atoms with van der Waals surface area (Å²) in [5.41, 5.74) is 0.983. The van der Waals surface area contributed by atoms with E-state index in [1.165, 1.54) is 17.6 Å². The van der Waals surface area contributed by atoms with Gasteiger partial charge in [0.2, 0.25) is 5.82 Å². The van der Waals surface area contributed by atoms with Crippen LogP contribution in [0.1, 0.15) is 5.82 Å². The monoisotopic (exact) mass is 351 g/mol. The van der Waals surface area contributed by atoms with Crippen molar-refractivity contribution in [2.75, 3.05) is 32.3 Å². The van der Waals surface area contributed by atoms with Crippen LogP contribution in [-0.2, 0) is 10.8 Å². The lowest BCUT2D eigenvalue weighted by Gasteiger charge is -2.26. The highest BCUT2D eigenvalue weighted by Gasteiger charge is 2.22. The lowest BCUT2D eigenvalue weighted by molar-refractivity contribution is 0.187. The topological polar surface area (TPSA) is 102 Å². The summed E-state index contributed by atoms with van der Waals surface area (Å²) < 4.78 is 12.1. The van der Waals surface area contributed by atoms with Gasteiger partial charge in [-0.05, 0) is 25.5 Å². The van der Waals surface area contributed by atoms with Crippen LogP contribution in [0, 0.1) is 11.3 Å². The minimum absolute atomic E-state index is 0.0328. The number of aromatic nitrogens is 2. The number of likely N-dealkylation sites (N-methyl/N-ethyl adjacent to an activating group) is 1.